The van der Waals surface area contributed by atoms with Gasteiger partial charge >= 0.3 is 0 Å². The minimum atomic E-state index is -3.22. The molecular formula is C14H18N4O3S. The van der Waals surface area contributed by atoms with Crippen LogP contribution in [0.5, 0.6) is 0 Å². The van der Waals surface area contributed by atoms with Gasteiger partial charge in [-0.3, -0.25) is 9.89 Å². The highest BCUT2D eigenvalue weighted by Gasteiger charge is 2.27. The maximum Gasteiger partial charge on any atom is 0.253 e. The summed E-state index contributed by atoms with van der Waals surface area (Å²) in [5.74, 6) is -0.213. The molecule has 2 aromatic rings. The number of fused-ring (bicyclic) bond motifs is 1. The number of rotatable bonds is 3. The lowest BCUT2D eigenvalue weighted by Gasteiger charge is -2.31. The summed E-state index contributed by atoms with van der Waals surface area (Å²) in [6.07, 6.45) is 4.38. The van der Waals surface area contributed by atoms with E-state index in [4.69, 9.17) is 0 Å². The van der Waals surface area contributed by atoms with E-state index in [-0.39, 0.29) is 11.9 Å². The van der Waals surface area contributed by atoms with Gasteiger partial charge < -0.3 is 5.32 Å². The Bertz CT molecular complexity index is 799. The van der Waals surface area contributed by atoms with Crippen molar-refractivity contribution in [2.24, 2.45) is 0 Å². The lowest BCUT2D eigenvalue weighted by atomic mass is 10.1. The van der Waals surface area contributed by atoms with E-state index in [1.807, 2.05) is 6.07 Å². The van der Waals surface area contributed by atoms with Gasteiger partial charge in [-0.2, -0.15) is 5.10 Å². The maximum absolute atomic E-state index is 12.5. The van der Waals surface area contributed by atoms with Gasteiger partial charge in [0.25, 0.3) is 5.91 Å². The minimum absolute atomic E-state index is 0.172. The first-order valence-corrected chi connectivity index (χ1v) is 8.98. The van der Waals surface area contributed by atoms with Gasteiger partial charge in [-0.15, -0.1) is 0 Å². The number of H-pyrrole nitrogens is 1. The molecule has 2 heterocycles. The number of nitrogens with zero attached hydrogens (tertiary/aromatic N) is 2. The van der Waals surface area contributed by atoms with Crippen LogP contribution < -0.4 is 5.32 Å². The van der Waals surface area contributed by atoms with Crippen molar-refractivity contribution in [2.75, 3.05) is 19.3 Å². The number of aromatic amines is 1. The molecule has 1 aliphatic heterocycles. The van der Waals surface area contributed by atoms with Crippen molar-refractivity contribution in [3.8, 4) is 0 Å². The Hall–Kier alpha value is -1.93. The van der Waals surface area contributed by atoms with Crippen molar-refractivity contribution in [3.05, 3.63) is 30.0 Å². The molecule has 1 atom stereocenters. The Morgan fingerprint density at radius 1 is 1.45 bits per heavy atom. The molecule has 0 spiro atoms. The molecule has 0 saturated carbocycles. The third-order valence-electron chi connectivity index (χ3n) is 3.91. The average molecular weight is 322 g/mol. The second-order valence-electron chi connectivity index (χ2n) is 5.57. The molecule has 118 valence electrons. The highest BCUT2D eigenvalue weighted by molar-refractivity contribution is 7.88. The van der Waals surface area contributed by atoms with Gasteiger partial charge in [0.15, 0.2) is 0 Å². The third-order valence-corrected chi connectivity index (χ3v) is 5.18. The smallest absolute Gasteiger partial charge is 0.253 e. The molecule has 22 heavy (non-hydrogen) atoms. The van der Waals surface area contributed by atoms with E-state index in [1.54, 1.807) is 18.3 Å². The van der Waals surface area contributed by atoms with Crippen LogP contribution in [0.15, 0.2) is 24.4 Å². The van der Waals surface area contributed by atoms with Gasteiger partial charge in [0.05, 0.1) is 23.5 Å². The molecule has 0 aliphatic carbocycles. The van der Waals surface area contributed by atoms with Crippen molar-refractivity contribution in [2.45, 2.75) is 18.9 Å². The quantitative estimate of drug-likeness (QED) is 0.870. The average Bonchev–Trinajstić information content (AvgIpc) is 2.94. The van der Waals surface area contributed by atoms with E-state index in [9.17, 15) is 13.2 Å². The van der Waals surface area contributed by atoms with Crippen molar-refractivity contribution < 1.29 is 13.2 Å². The number of nitrogens with one attached hydrogen (secondary N) is 2. The summed E-state index contributed by atoms with van der Waals surface area (Å²) in [6.45, 7) is 0.838. The van der Waals surface area contributed by atoms with Gasteiger partial charge in [0.2, 0.25) is 10.0 Å². The summed E-state index contributed by atoms with van der Waals surface area (Å²) in [4.78, 5) is 12.5. The minimum Gasteiger partial charge on any atom is -0.348 e. The number of sulfonamides is 1. The first kappa shape index (κ1) is 15.0. The molecule has 1 aliphatic rings. The maximum atomic E-state index is 12.5. The van der Waals surface area contributed by atoms with Gasteiger partial charge in [-0.25, -0.2) is 12.7 Å². The van der Waals surface area contributed by atoms with E-state index < -0.39 is 10.0 Å². The third kappa shape index (κ3) is 2.97. The van der Waals surface area contributed by atoms with Crippen LogP contribution in [0, 0.1) is 0 Å². The van der Waals surface area contributed by atoms with Gasteiger partial charge in [-0.05, 0) is 18.9 Å². The fourth-order valence-corrected chi connectivity index (χ4v) is 3.69. The SMILES string of the molecule is CS(=O)(=O)N1CCCC(NC(=O)c2cccc3cn[nH]c23)C1. The van der Waals surface area contributed by atoms with Crippen molar-refractivity contribution in [3.63, 3.8) is 0 Å². The van der Waals surface area contributed by atoms with Crippen LogP contribution in [0.3, 0.4) is 0 Å². The van der Waals surface area contributed by atoms with Crippen LogP contribution in [0.25, 0.3) is 10.9 Å². The Kier molecular flexibility index (Phi) is 3.88. The first-order valence-electron chi connectivity index (χ1n) is 7.13. The number of benzene rings is 1. The van der Waals surface area contributed by atoms with Crippen molar-refractivity contribution >= 4 is 26.8 Å². The summed E-state index contributed by atoms with van der Waals surface area (Å²) in [5.41, 5.74) is 1.21. The number of carbonyl (C=O) groups is 1. The van der Waals surface area contributed by atoms with Crippen LogP contribution in [0.2, 0.25) is 0 Å². The topological polar surface area (TPSA) is 95.2 Å². The molecular weight excluding hydrogens is 304 g/mol. The van der Waals surface area contributed by atoms with Crippen LogP contribution in [0.1, 0.15) is 23.2 Å². The molecule has 1 amide bonds. The zero-order chi connectivity index (χ0) is 15.7. The highest BCUT2D eigenvalue weighted by Crippen LogP contribution is 2.17. The molecule has 1 saturated heterocycles. The van der Waals surface area contributed by atoms with Gasteiger partial charge in [0.1, 0.15) is 0 Å². The predicted octanol–water partition coefficient (Wildman–Crippen LogP) is 0.717. The summed E-state index contributed by atoms with van der Waals surface area (Å²) in [7, 11) is -3.22. The lowest BCUT2D eigenvalue weighted by molar-refractivity contribution is 0.0923. The summed E-state index contributed by atoms with van der Waals surface area (Å²) >= 11 is 0. The molecule has 1 unspecified atom stereocenters. The Morgan fingerprint density at radius 2 is 2.27 bits per heavy atom. The zero-order valence-electron chi connectivity index (χ0n) is 12.2. The van der Waals surface area contributed by atoms with Gasteiger partial charge in [0, 0.05) is 24.5 Å². The molecule has 1 aromatic heterocycles. The molecule has 1 fully saturated rings. The van der Waals surface area contributed by atoms with Crippen LogP contribution in [-0.2, 0) is 10.0 Å². The number of piperidine rings is 1. The summed E-state index contributed by atoms with van der Waals surface area (Å²) < 4.78 is 24.7. The number of hydrogen-bond donors (Lipinski definition) is 2. The van der Waals surface area contributed by atoms with E-state index in [2.05, 4.69) is 15.5 Å². The fraction of sp³-hybridized carbons (Fsp3) is 0.429. The van der Waals surface area contributed by atoms with E-state index in [0.717, 1.165) is 18.2 Å². The fourth-order valence-electron chi connectivity index (χ4n) is 2.78. The Labute approximate surface area is 128 Å². The molecule has 3 rings (SSSR count). The molecule has 7 nitrogen and oxygen atoms in total. The zero-order valence-corrected chi connectivity index (χ0v) is 13.1. The van der Waals surface area contributed by atoms with E-state index in [1.165, 1.54) is 10.6 Å². The number of para-hydroxylation sites is 1. The van der Waals surface area contributed by atoms with Crippen LogP contribution in [0.4, 0.5) is 0 Å². The van der Waals surface area contributed by atoms with Crippen LogP contribution >= 0.6 is 0 Å². The Morgan fingerprint density at radius 3 is 3.05 bits per heavy atom. The monoisotopic (exact) mass is 322 g/mol. The summed E-state index contributed by atoms with van der Waals surface area (Å²) in [6, 6.07) is 5.24. The standard InChI is InChI=1S/C14H18N4O3S/c1-22(20,21)18-7-3-5-11(9-18)16-14(19)12-6-2-4-10-8-15-17-13(10)12/h2,4,6,8,11H,3,5,7,9H2,1H3,(H,15,17)(H,16,19). The largest absolute Gasteiger partial charge is 0.348 e. The van der Waals surface area contributed by atoms with Crippen LogP contribution in [-0.4, -0.2) is 54.2 Å². The number of carbonyl (C=O) groups excluding carboxylic acids is 1. The number of aromatic nitrogens is 2. The molecule has 8 heteroatoms. The predicted molar refractivity (Wildman–Crippen MR) is 83.0 cm³/mol. The van der Waals surface area contributed by atoms with Crippen molar-refractivity contribution in [1.29, 1.82) is 0 Å². The second-order valence-corrected chi connectivity index (χ2v) is 7.56. The van der Waals surface area contributed by atoms with Crippen molar-refractivity contribution in [1.82, 2.24) is 19.8 Å². The summed E-state index contributed by atoms with van der Waals surface area (Å²) in [5, 5.41) is 10.6. The molecule has 1 aromatic carbocycles. The normalized spacial score (nSPS) is 20.1. The molecule has 0 bridgehead atoms. The van der Waals surface area contributed by atoms with E-state index in [0.29, 0.717) is 24.2 Å². The second kappa shape index (κ2) is 5.69. The number of hydrogen-bond acceptors (Lipinski definition) is 4. The lowest BCUT2D eigenvalue weighted by Crippen LogP contribution is -2.49. The molecule has 2 N–H and O–H groups in total. The highest BCUT2D eigenvalue weighted by atomic mass is 32.2. The molecule has 0 radical (unpaired) electrons. The Balaban J connectivity index is 1.75. The first-order chi connectivity index (χ1) is 10.4. The van der Waals surface area contributed by atoms with E-state index >= 15 is 0 Å². The number of amides is 1. The van der Waals surface area contributed by atoms with Gasteiger partial charge in [-0.1, -0.05) is 12.1 Å².